The van der Waals surface area contributed by atoms with Crippen LogP contribution in [0.1, 0.15) is 45.0 Å². The lowest BCUT2D eigenvalue weighted by molar-refractivity contribution is -0.0129. The third-order valence-electron chi connectivity index (χ3n) is 3.97. The van der Waals surface area contributed by atoms with Gasteiger partial charge in [0.1, 0.15) is 5.60 Å². The maximum atomic E-state index is 12.7. The molecule has 0 bridgehead atoms. The number of nitrogens with two attached hydrogens (primary N) is 1. The average molecular weight is 333 g/mol. The average Bonchev–Trinajstić information content (AvgIpc) is 2.44. The first-order valence-electron chi connectivity index (χ1n) is 8.24. The molecule has 1 aliphatic rings. The van der Waals surface area contributed by atoms with E-state index in [1.807, 2.05) is 34.6 Å². The van der Waals surface area contributed by atoms with E-state index in [0.717, 1.165) is 0 Å². The number of nitrogen functional groups attached to an aromatic ring is 1. The van der Waals surface area contributed by atoms with E-state index in [-0.39, 0.29) is 24.1 Å². The van der Waals surface area contributed by atoms with Gasteiger partial charge in [0.05, 0.1) is 12.1 Å². The normalized spacial score (nSPS) is 21.5. The zero-order valence-electron chi connectivity index (χ0n) is 15.1. The molecule has 2 atom stereocenters. The Labute approximate surface area is 143 Å². The van der Waals surface area contributed by atoms with Gasteiger partial charge in [-0.2, -0.15) is 0 Å². The van der Waals surface area contributed by atoms with Gasteiger partial charge in [-0.05, 0) is 58.9 Å². The highest BCUT2D eigenvalue weighted by Gasteiger charge is 2.37. The van der Waals surface area contributed by atoms with Gasteiger partial charge in [0.15, 0.2) is 0 Å². The van der Waals surface area contributed by atoms with Crippen molar-refractivity contribution in [3.8, 4) is 0 Å². The number of carbonyl (C=O) groups is 2. The number of amides is 2. The van der Waals surface area contributed by atoms with Crippen molar-refractivity contribution in [3.05, 3.63) is 29.8 Å². The summed E-state index contributed by atoms with van der Waals surface area (Å²) in [4.78, 5) is 28.6. The number of piperazine rings is 1. The minimum atomic E-state index is -0.534. The lowest BCUT2D eigenvalue weighted by Gasteiger charge is -2.44. The Morgan fingerprint density at radius 3 is 2.04 bits per heavy atom. The summed E-state index contributed by atoms with van der Waals surface area (Å²) in [5.41, 5.74) is 6.37. The Morgan fingerprint density at radius 2 is 1.58 bits per heavy atom. The number of ether oxygens (including phenoxy) is 1. The number of benzene rings is 1. The fourth-order valence-electron chi connectivity index (χ4n) is 2.97. The topological polar surface area (TPSA) is 75.9 Å². The van der Waals surface area contributed by atoms with Crippen molar-refractivity contribution in [2.45, 2.75) is 52.3 Å². The predicted molar refractivity (Wildman–Crippen MR) is 93.8 cm³/mol. The number of nitrogens with zero attached hydrogens (tertiary/aromatic N) is 2. The molecule has 132 valence electrons. The van der Waals surface area contributed by atoms with Crippen LogP contribution < -0.4 is 5.73 Å². The quantitative estimate of drug-likeness (QED) is 0.802. The highest BCUT2D eigenvalue weighted by atomic mass is 16.6. The number of rotatable bonds is 1. The van der Waals surface area contributed by atoms with Crippen molar-refractivity contribution < 1.29 is 14.3 Å². The zero-order chi connectivity index (χ0) is 18.1. The summed E-state index contributed by atoms with van der Waals surface area (Å²) in [5.74, 6) is -0.0439. The predicted octanol–water partition coefficient (Wildman–Crippen LogP) is 2.74. The standard InChI is InChI=1S/C18H27N3O3/c1-12-10-20(16(22)14-6-8-15(19)9-7-14)11-13(2)21(12)17(23)24-18(3,4)5/h6-9,12-13H,10-11,19H2,1-5H3/t12-,13+. The minimum absolute atomic E-state index is 0.0439. The summed E-state index contributed by atoms with van der Waals surface area (Å²) in [7, 11) is 0. The van der Waals surface area contributed by atoms with Crippen LogP contribution in [0, 0.1) is 0 Å². The van der Waals surface area contributed by atoms with E-state index in [2.05, 4.69) is 0 Å². The molecular weight excluding hydrogens is 306 g/mol. The molecule has 0 aromatic heterocycles. The molecule has 1 aromatic rings. The Bertz CT molecular complexity index is 595. The second-order valence-corrected chi connectivity index (χ2v) is 7.42. The molecule has 1 heterocycles. The third kappa shape index (κ3) is 4.19. The largest absolute Gasteiger partial charge is 0.444 e. The molecule has 2 rings (SSSR count). The van der Waals surface area contributed by atoms with E-state index in [4.69, 9.17) is 10.5 Å². The first-order valence-corrected chi connectivity index (χ1v) is 8.24. The van der Waals surface area contributed by atoms with Gasteiger partial charge in [-0.1, -0.05) is 0 Å². The molecule has 0 unspecified atom stereocenters. The van der Waals surface area contributed by atoms with Crippen LogP contribution in [0.3, 0.4) is 0 Å². The second-order valence-electron chi connectivity index (χ2n) is 7.42. The fraction of sp³-hybridized carbons (Fsp3) is 0.556. The van der Waals surface area contributed by atoms with Gasteiger partial charge in [-0.15, -0.1) is 0 Å². The van der Waals surface area contributed by atoms with Gasteiger partial charge in [0.2, 0.25) is 0 Å². The highest BCUT2D eigenvalue weighted by Crippen LogP contribution is 2.21. The highest BCUT2D eigenvalue weighted by molar-refractivity contribution is 5.94. The Kier molecular flexibility index (Phi) is 5.06. The number of hydrogen-bond donors (Lipinski definition) is 1. The van der Waals surface area contributed by atoms with E-state index in [0.29, 0.717) is 24.3 Å². The molecule has 2 amide bonds. The molecule has 0 radical (unpaired) electrons. The van der Waals surface area contributed by atoms with Crippen molar-refractivity contribution in [1.29, 1.82) is 0 Å². The maximum Gasteiger partial charge on any atom is 0.410 e. The van der Waals surface area contributed by atoms with Crippen molar-refractivity contribution in [2.24, 2.45) is 0 Å². The van der Waals surface area contributed by atoms with Crippen LogP contribution in [0.15, 0.2) is 24.3 Å². The second kappa shape index (κ2) is 6.71. The van der Waals surface area contributed by atoms with Crippen LogP contribution in [0.5, 0.6) is 0 Å². The van der Waals surface area contributed by atoms with Crippen LogP contribution in [0.2, 0.25) is 0 Å². The van der Waals surface area contributed by atoms with Gasteiger partial charge in [0.25, 0.3) is 5.91 Å². The number of carbonyl (C=O) groups excluding carboxylic acids is 2. The molecule has 24 heavy (non-hydrogen) atoms. The van der Waals surface area contributed by atoms with E-state index >= 15 is 0 Å². The molecule has 6 nitrogen and oxygen atoms in total. The Balaban J connectivity index is 2.08. The van der Waals surface area contributed by atoms with Crippen LogP contribution >= 0.6 is 0 Å². The summed E-state index contributed by atoms with van der Waals surface area (Å²) in [5, 5.41) is 0. The first kappa shape index (κ1) is 18.1. The first-order chi connectivity index (χ1) is 11.1. The summed E-state index contributed by atoms with van der Waals surface area (Å²) in [6.45, 7) is 10.4. The van der Waals surface area contributed by atoms with Crippen LogP contribution in [0.4, 0.5) is 10.5 Å². The lowest BCUT2D eigenvalue weighted by atomic mass is 10.1. The molecule has 1 aliphatic heterocycles. The SMILES string of the molecule is C[C@@H]1CN(C(=O)c2ccc(N)cc2)C[C@H](C)N1C(=O)OC(C)(C)C. The van der Waals surface area contributed by atoms with E-state index in [9.17, 15) is 9.59 Å². The van der Waals surface area contributed by atoms with E-state index in [1.54, 1.807) is 34.1 Å². The third-order valence-corrected chi connectivity index (χ3v) is 3.97. The van der Waals surface area contributed by atoms with Crippen molar-refractivity contribution in [1.82, 2.24) is 9.80 Å². The van der Waals surface area contributed by atoms with Gasteiger partial charge in [-0.3, -0.25) is 9.69 Å². The molecule has 1 fully saturated rings. The number of anilines is 1. The summed E-state index contributed by atoms with van der Waals surface area (Å²) in [6.07, 6.45) is -0.331. The van der Waals surface area contributed by atoms with Gasteiger partial charge in [-0.25, -0.2) is 4.79 Å². The smallest absolute Gasteiger partial charge is 0.410 e. The minimum Gasteiger partial charge on any atom is -0.444 e. The molecule has 0 saturated carbocycles. The van der Waals surface area contributed by atoms with Crippen LogP contribution in [-0.2, 0) is 4.74 Å². The monoisotopic (exact) mass is 333 g/mol. The molecular formula is C18H27N3O3. The summed E-state index contributed by atoms with van der Waals surface area (Å²) in [6, 6.07) is 6.68. The molecule has 1 aromatic carbocycles. The summed E-state index contributed by atoms with van der Waals surface area (Å²) >= 11 is 0. The Morgan fingerprint density at radius 1 is 1.08 bits per heavy atom. The molecule has 0 spiro atoms. The van der Waals surface area contributed by atoms with Gasteiger partial charge < -0.3 is 15.4 Å². The fourth-order valence-corrected chi connectivity index (χ4v) is 2.97. The zero-order valence-corrected chi connectivity index (χ0v) is 15.1. The Hall–Kier alpha value is -2.24. The van der Waals surface area contributed by atoms with Crippen molar-refractivity contribution in [2.75, 3.05) is 18.8 Å². The molecule has 1 saturated heterocycles. The van der Waals surface area contributed by atoms with Crippen molar-refractivity contribution >= 4 is 17.7 Å². The van der Waals surface area contributed by atoms with E-state index in [1.165, 1.54) is 0 Å². The van der Waals surface area contributed by atoms with E-state index < -0.39 is 5.60 Å². The molecule has 6 heteroatoms. The molecule has 2 N–H and O–H groups in total. The maximum absolute atomic E-state index is 12.7. The van der Waals surface area contributed by atoms with Crippen LogP contribution in [-0.4, -0.2) is 52.6 Å². The number of hydrogen-bond acceptors (Lipinski definition) is 4. The van der Waals surface area contributed by atoms with Gasteiger partial charge >= 0.3 is 6.09 Å². The van der Waals surface area contributed by atoms with Crippen molar-refractivity contribution in [3.63, 3.8) is 0 Å². The van der Waals surface area contributed by atoms with Crippen LogP contribution in [0.25, 0.3) is 0 Å². The molecule has 0 aliphatic carbocycles. The van der Waals surface area contributed by atoms with Gasteiger partial charge in [0, 0.05) is 24.3 Å². The lowest BCUT2D eigenvalue weighted by Crippen LogP contribution is -2.60. The summed E-state index contributed by atoms with van der Waals surface area (Å²) < 4.78 is 5.48.